The zero-order chi connectivity index (χ0) is 20.1. The monoisotopic (exact) mass is 423 g/mol. The van der Waals surface area contributed by atoms with Crippen molar-refractivity contribution < 1.29 is 19.2 Å². The van der Waals surface area contributed by atoms with Gasteiger partial charge in [-0.2, -0.15) is 0 Å². The summed E-state index contributed by atoms with van der Waals surface area (Å²) in [7, 11) is 0. The number of hydrogen-bond acceptors (Lipinski definition) is 5. The minimum absolute atomic E-state index is 0. The highest BCUT2D eigenvalue weighted by atomic mass is 35.5. The molecule has 1 aliphatic heterocycles. The van der Waals surface area contributed by atoms with Crippen LogP contribution in [0, 0.1) is 0 Å². The third-order valence-electron chi connectivity index (χ3n) is 5.14. The third-order valence-corrected chi connectivity index (χ3v) is 5.14. The van der Waals surface area contributed by atoms with Crippen LogP contribution in [0.25, 0.3) is 0 Å². The standard InChI is InChI=1S/C19H25N5O4.ClH/c20-10-11-21-16(26)13-5-1-2-6-14(13)22-15(25)7-12-24-17(27)19(23-18(24)28)8-3-4-9-19;/h1-2,5-6H,3-4,7-12,20H2,(H,21,26)(H,22,25)(H,23,28);1H. The normalized spacial score (nSPS) is 17.1. The molecule has 0 unspecified atom stereocenters. The van der Waals surface area contributed by atoms with Gasteiger partial charge in [-0.05, 0) is 25.0 Å². The van der Waals surface area contributed by atoms with Crippen molar-refractivity contribution in [2.24, 2.45) is 5.73 Å². The summed E-state index contributed by atoms with van der Waals surface area (Å²) < 4.78 is 0. The molecule has 1 saturated heterocycles. The molecule has 0 aromatic heterocycles. The Bertz CT molecular complexity index is 795. The van der Waals surface area contributed by atoms with Crippen LogP contribution in [0.3, 0.4) is 0 Å². The predicted molar refractivity (Wildman–Crippen MR) is 110 cm³/mol. The summed E-state index contributed by atoms with van der Waals surface area (Å²) >= 11 is 0. The van der Waals surface area contributed by atoms with Crippen molar-refractivity contribution in [2.75, 3.05) is 25.0 Å². The Morgan fingerprint density at radius 2 is 1.86 bits per heavy atom. The number of benzene rings is 1. The quantitative estimate of drug-likeness (QED) is 0.485. The lowest BCUT2D eigenvalue weighted by atomic mass is 9.98. The van der Waals surface area contributed by atoms with Crippen molar-refractivity contribution in [3.05, 3.63) is 29.8 Å². The average Bonchev–Trinajstić information content (AvgIpc) is 3.24. The number of rotatable bonds is 7. The van der Waals surface area contributed by atoms with E-state index in [9.17, 15) is 19.2 Å². The summed E-state index contributed by atoms with van der Waals surface area (Å²) in [4.78, 5) is 50.4. The number of nitrogens with one attached hydrogen (secondary N) is 3. The van der Waals surface area contributed by atoms with Crippen LogP contribution in [0.1, 0.15) is 42.5 Å². The largest absolute Gasteiger partial charge is 0.351 e. The van der Waals surface area contributed by atoms with E-state index in [0.717, 1.165) is 17.7 Å². The molecule has 5 N–H and O–H groups in total. The van der Waals surface area contributed by atoms with Crippen LogP contribution in [0.4, 0.5) is 10.5 Å². The fourth-order valence-electron chi connectivity index (χ4n) is 3.69. The first-order chi connectivity index (χ1) is 13.5. The maximum Gasteiger partial charge on any atom is 0.325 e. The molecule has 0 radical (unpaired) electrons. The number of nitrogens with zero attached hydrogens (tertiary/aromatic N) is 1. The molecule has 1 saturated carbocycles. The van der Waals surface area contributed by atoms with Crippen molar-refractivity contribution in [1.82, 2.24) is 15.5 Å². The number of carbonyl (C=O) groups excluding carboxylic acids is 4. The van der Waals surface area contributed by atoms with Crippen LogP contribution in [-0.4, -0.2) is 53.8 Å². The second-order valence-electron chi connectivity index (χ2n) is 7.06. The van der Waals surface area contributed by atoms with Gasteiger partial charge in [-0.15, -0.1) is 12.4 Å². The van der Waals surface area contributed by atoms with Crippen molar-refractivity contribution in [2.45, 2.75) is 37.6 Å². The summed E-state index contributed by atoms with van der Waals surface area (Å²) in [6.45, 7) is 0.641. The molecule has 10 heteroatoms. The number of anilines is 1. The van der Waals surface area contributed by atoms with Crippen LogP contribution in [0.15, 0.2) is 24.3 Å². The van der Waals surface area contributed by atoms with Gasteiger partial charge in [-0.25, -0.2) is 4.79 Å². The lowest BCUT2D eigenvalue weighted by Gasteiger charge is -2.20. The molecule has 0 atom stereocenters. The van der Waals surface area contributed by atoms with Gasteiger partial charge in [-0.1, -0.05) is 25.0 Å². The Hall–Kier alpha value is -2.65. The summed E-state index contributed by atoms with van der Waals surface area (Å²) in [6, 6.07) is 6.18. The number of urea groups is 1. The Morgan fingerprint density at radius 1 is 1.17 bits per heavy atom. The maximum absolute atomic E-state index is 12.6. The summed E-state index contributed by atoms with van der Waals surface area (Å²) in [5, 5.41) is 8.13. The van der Waals surface area contributed by atoms with Gasteiger partial charge in [-0.3, -0.25) is 19.3 Å². The lowest BCUT2D eigenvalue weighted by Crippen LogP contribution is -2.44. The van der Waals surface area contributed by atoms with Gasteiger partial charge in [0.25, 0.3) is 11.8 Å². The molecule has 158 valence electrons. The van der Waals surface area contributed by atoms with Crippen LogP contribution < -0.4 is 21.7 Å². The molecule has 29 heavy (non-hydrogen) atoms. The van der Waals surface area contributed by atoms with Gasteiger partial charge >= 0.3 is 6.03 Å². The van der Waals surface area contributed by atoms with Gasteiger partial charge in [0, 0.05) is 26.1 Å². The highest BCUT2D eigenvalue weighted by molar-refractivity contribution is 6.08. The van der Waals surface area contributed by atoms with E-state index in [1.165, 1.54) is 0 Å². The molecule has 9 nitrogen and oxygen atoms in total. The molecule has 1 aromatic carbocycles. The first-order valence-corrected chi connectivity index (χ1v) is 9.48. The number of hydrogen-bond donors (Lipinski definition) is 4. The lowest BCUT2D eigenvalue weighted by molar-refractivity contribution is -0.131. The van der Waals surface area contributed by atoms with Crippen molar-refractivity contribution in [3.63, 3.8) is 0 Å². The van der Waals surface area contributed by atoms with Gasteiger partial charge in [0.2, 0.25) is 5.91 Å². The molecule has 2 fully saturated rings. The SMILES string of the molecule is Cl.NCCNC(=O)c1ccccc1NC(=O)CCN1C(=O)NC2(CCCC2)C1=O. The van der Waals surface area contributed by atoms with Gasteiger partial charge in [0.15, 0.2) is 0 Å². The van der Waals surface area contributed by atoms with E-state index in [-0.39, 0.29) is 43.1 Å². The molecule has 3 rings (SSSR count). The molecule has 1 aromatic rings. The highest BCUT2D eigenvalue weighted by Crippen LogP contribution is 2.35. The van der Waals surface area contributed by atoms with Crippen LogP contribution in [0.5, 0.6) is 0 Å². The molecular weight excluding hydrogens is 398 g/mol. The Labute approximate surface area is 175 Å². The smallest absolute Gasteiger partial charge is 0.325 e. The topological polar surface area (TPSA) is 134 Å². The summed E-state index contributed by atoms with van der Waals surface area (Å²) in [5.74, 6) is -0.963. The van der Waals surface area contributed by atoms with Gasteiger partial charge < -0.3 is 21.7 Å². The summed E-state index contributed by atoms with van der Waals surface area (Å²) in [5.41, 5.74) is 5.30. The van der Waals surface area contributed by atoms with Gasteiger partial charge in [0.05, 0.1) is 11.3 Å². The second-order valence-corrected chi connectivity index (χ2v) is 7.06. The van der Waals surface area contributed by atoms with Crippen molar-refractivity contribution in [1.29, 1.82) is 0 Å². The third kappa shape index (κ3) is 4.86. The predicted octanol–water partition coefficient (Wildman–Crippen LogP) is 0.990. The summed E-state index contributed by atoms with van der Waals surface area (Å²) in [6.07, 6.45) is 3.05. The molecule has 5 amide bonds. The van der Waals surface area contributed by atoms with Crippen molar-refractivity contribution >= 4 is 41.8 Å². The number of imide groups is 1. The van der Waals surface area contributed by atoms with E-state index in [2.05, 4.69) is 16.0 Å². The number of amides is 5. The zero-order valence-electron chi connectivity index (χ0n) is 16.0. The van der Waals surface area contributed by atoms with Crippen LogP contribution >= 0.6 is 12.4 Å². The minimum atomic E-state index is -0.777. The van der Waals surface area contributed by atoms with Crippen LogP contribution in [0.2, 0.25) is 0 Å². The van der Waals surface area contributed by atoms with E-state index in [0.29, 0.717) is 37.2 Å². The number of carbonyl (C=O) groups is 4. The Morgan fingerprint density at radius 3 is 2.55 bits per heavy atom. The van der Waals surface area contributed by atoms with E-state index in [1.54, 1.807) is 24.3 Å². The Kier molecular flexibility index (Phi) is 7.58. The van der Waals surface area contributed by atoms with E-state index in [1.807, 2.05) is 0 Å². The van der Waals surface area contributed by atoms with Gasteiger partial charge in [0.1, 0.15) is 5.54 Å². The highest BCUT2D eigenvalue weighted by Gasteiger charge is 2.52. The fraction of sp³-hybridized carbons (Fsp3) is 0.474. The molecule has 1 spiro atoms. The average molecular weight is 424 g/mol. The molecule has 1 aliphatic carbocycles. The van der Waals surface area contributed by atoms with E-state index >= 15 is 0 Å². The zero-order valence-corrected chi connectivity index (χ0v) is 16.8. The Balaban J connectivity index is 0.00000300. The maximum atomic E-state index is 12.6. The molecule has 0 bridgehead atoms. The van der Waals surface area contributed by atoms with Crippen LogP contribution in [-0.2, 0) is 9.59 Å². The fourth-order valence-corrected chi connectivity index (χ4v) is 3.69. The minimum Gasteiger partial charge on any atom is -0.351 e. The first-order valence-electron chi connectivity index (χ1n) is 9.48. The number of halogens is 1. The first kappa shape index (κ1) is 22.6. The second kappa shape index (κ2) is 9.71. The van der Waals surface area contributed by atoms with E-state index < -0.39 is 11.6 Å². The molecular formula is C19H26ClN5O4. The van der Waals surface area contributed by atoms with E-state index in [4.69, 9.17) is 5.73 Å². The van der Waals surface area contributed by atoms with Crippen molar-refractivity contribution in [3.8, 4) is 0 Å². The number of para-hydroxylation sites is 1. The molecule has 2 aliphatic rings. The molecule has 1 heterocycles. The number of nitrogens with two attached hydrogens (primary N) is 1.